The van der Waals surface area contributed by atoms with Crippen LogP contribution >= 0.6 is 0 Å². The lowest BCUT2D eigenvalue weighted by molar-refractivity contribution is 0.188. The highest BCUT2D eigenvalue weighted by Gasteiger charge is 2.28. The normalized spacial score (nSPS) is 24.3. The van der Waals surface area contributed by atoms with Gasteiger partial charge < -0.3 is 0 Å². The fraction of sp³-hybridized carbons (Fsp3) is 0.684. The summed E-state index contributed by atoms with van der Waals surface area (Å²) in [6.45, 7) is 9.07. The fourth-order valence-corrected chi connectivity index (χ4v) is 4.02. The molecule has 1 aromatic rings. The maximum absolute atomic E-state index is 5.87. The molecule has 0 bridgehead atoms. The van der Waals surface area contributed by atoms with Gasteiger partial charge in [-0.1, -0.05) is 43.2 Å². The first-order valence-corrected chi connectivity index (χ1v) is 8.53. The number of nitrogens with two attached hydrogens (primary N) is 1. The molecule has 0 radical (unpaired) electrons. The Labute approximate surface area is 130 Å². The molecule has 21 heavy (non-hydrogen) atoms. The number of hydrogen-bond acceptors (Lipinski definition) is 2. The van der Waals surface area contributed by atoms with Crippen LogP contribution in [0.3, 0.4) is 0 Å². The van der Waals surface area contributed by atoms with Crippen LogP contribution in [0.4, 0.5) is 0 Å². The predicted octanol–water partition coefficient (Wildman–Crippen LogP) is 4.14. The Kier molecular flexibility index (Phi) is 5.83. The highest BCUT2D eigenvalue weighted by Crippen LogP contribution is 2.35. The molecule has 118 valence electrons. The van der Waals surface area contributed by atoms with E-state index in [-0.39, 0.29) is 0 Å². The van der Waals surface area contributed by atoms with Gasteiger partial charge in [-0.3, -0.25) is 11.3 Å². The van der Waals surface area contributed by atoms with Crippen LogP contribution in [-0.2, 0) is 6.42 Å². The summed E-state index contributed by atoms with van der Waals surface area (Å²) in [6.07, 6.45) is 6.43. The number of aryl methyl sites for hydroxylation is 2. The van der Waals surface area contributed by atoms with Gasteiger partial charge in [-0.25, -0.2) is 0 Å². The largest absolute Gasteiger partial charge is 0.271 e. The first kappa shape index (κ1) is 16.5. The van der Waals surface area contributed by atoms with E-state index in [4.69, 9.17) is 5.84 Å². The van der Waals surface area contributed by atoms with Gasteiger partial charge in [-0.15, -0.1) is 0 Å². The summed E-state index contributed by atoms with van der Waals surface area (Å²) in [5.74, 6) is 8.35. The molecule has 0 amide bonds. The van der Waals surface area contributed by atoms with E-state index in [1.807, 2.05) is 0 Å². The molecule has 1 aliphatic rings. The van der Waals surface area contributed by atoms with Gasteiger partial charge in [0.05, 0.1) is 0 Å². The topological polar surface area (TPSA) is 38.0 Å². The van der Waals surface area contributed by atoms with Crippen LogP contribution in [0.5, 0.6) is 0 Å². The van der Waals surface area contributed by atoms with Crippen molar-refractivity contribution in [2.24, 2.45) is 23.6 Å². The van der Waals surface area contributed by atoms with Crippen molar-refractivity contribution in [3.05, 3.63) is 34.9 Å². The summed E-state index contributed by atoms with van der Waals surface area (Å²) < 4.78 is 0. The van der Waals surface area contributed by atoms with E-state index in [1.54, 1.807) is 0 Å². The highest BCUT2D eigenvalue weighted by molar-refractivity contribution is 5.29. The van der Waals surface area contributed by atoms with E-state index in [2.05, 4.69) is 51.3 Å². The van der Waals surface area contributed by atoms with Gasteiger partial charge in [0.2, 0.25) is 0 Å². The van der Waals surface area contributed by atoms with Crippen molar-refractivity contribution < 1.29 is 0 Å². The Morgan fingerprint density at radius 3 is 2.00 bits per heavy atom. The molecule has 0 spiro atoms. The van der Waals surface area contributed by atoms with Gasteiger partial charge in [0.15, 0.2) is 0 Å². The second-order valence-corrected chi connectivity index (χ2v) is 7.39. The zero-order valence-electron chi connectivity index (χ0n) is 14.2. The SMILES string of the molecule is Cc1cc(C)cc(CC(NN)C2CCC(C(C)C)CC2)c1. The lowest BCUT2D eigenvalue weighted by Gasteiger charge is -2.35. The van der Waals surface area contributed by atoms with Crippen molar-refractivity contribution in [1.82, 2.24) is 5.43 Å². The minimum Gasteiger partial charge on any atom is -0.271 e. The number of benzene rings is 1. The number of hydrogen-bond donors (Lipinski definition) is 2. The Balaban J connectivity index is 1.97. The molecule has 2 nitrogen and oxygen atoms in total. The molecule has 1 saturated carbocycles. The van der Waals surface area contributed by atoms with E-state index in [0.29, 0.717) is 6.04 Å². The number of rotatable bonds is 5. The lowest BCUT2D eigenvalue weighted by Crippen LogP contribution is -2.44. The van der Waals surface area contributed by atoms with Crippen LogP contribution in [0, 0.1) is 31.6 Å². The molecule has 1 atom stereocenters. The molecular weight excluding hydrogens is 256 g/mol. The Bertz CT molecular complexity index is 425. The van der Waals surface area contributed by atoms with Gasteiger partial charge in [0.25, 0.3) is 0 Å². The minimum absolute atomic E-state index is 0.416. The second kappa shape index (κ2) is 7.42. The molecule has 1 fully saturated rings. The van der Waals surface area contributed by atoms with Crippen molar-refractivity contribution in [3.8, 4) is 0 Å². The van der Waals surface area contributed by atoms with Crippen molar-refractivity contribution in [3.63, 3.8) is 0 Å². The van der Waals surface area contributed by atoms with E-state index in [0.717, 1.165) is 24.2 Å². The molecule has 1 unspecified atom stereocenters. The van der Waals surface area contributed by atoms with Crippen molar-refractivity contribution in [2.45, 2.75) is 65.8 Å². The molecular formula is C19H32N2. The zero-order valence-corrected chi connectivity index (χ0v) is 14.2. The summed E-state index contributed by atoms with van der Waals surface area (Å²) in [7, 11) is 0. The molecule has 0 heterocycles. The Hall–Kier alpha value is -0.860. The maximum atomic E-state index is 5.87. The molecule has 3 N–H and O–H groups in total. The van der Waals surface area contributed by atoms with Crippen molar-refractivity contribution in [2.75, 3.05) is 0 Å². The molecule has 0 aromatic heterocycles. The van der Waals surface area contributed by atoms with Crippen LogP contribution in [0.15, 0.2) is 18.2 Å². The quantitative estimate of drug-likeness (QED) is 0.631. The van der Waals surface area contributed by atoms with Gasteiger partial charge in [-0.2, -0.15) is 0 Å². The third-order valence-corrected chi connectivity index (χ3v) is 5.28. The Morgan fingerprint density at radius 2 is 1.52 bits per heavy atom. The molecule has 2 rings (SSSR count). The lowest BCUT2D eigenvalue weighted by atomic mass is 9.73. The van der Waals surface area contributed by atoms with Crippen molar-refractivity contribution in [1.29, 1.82) is 0 Å². The summed E-state index contributed by atoms with van der Waals surface area (Å²) in [5.41, 5.74) is 7.22. The third-order valence-electron chi connectivity index (χ3n) is 5.28. The average Bonchev–Trinajstić information content (AvgIpc) is 2.44. The van der Waals surface area contributed by atoms with Crippen LogP contribution in [-0.4, -0.2) is 6.04 Å². The van der Waals surface area contributed by atoms with Crippen molar-refractivity contribution >= 4 is 0 Å². The minimum atomic E-state index is 0.416. The van der Waals surface area contributed by atoms with E-state index < -0.39 is 0 Å². The van der Waals surface area contributed by atoms with E-state index >= 15 is 0 Å². The third kappa shape index (κ3) is 4.55. The van der Waals surface area contributed by atoms with Gasteiger partial charge in [0.1, 0.15) is 0 Å². The monoisotopic (exact) mass is 288 g/mol. The van der Waals surface area contributed by atoms with E-state index in [9.17, 15) is 0 Å². The molecule has 1 aromatic carbocycles. The van der Waals surface area contributed by atoms with Crippen LogP contribution < -0.4 is 11.3 Å². The van der Waals surface area contributed by atoms with Crippen LogP contribution in [0.2, 0.25) is 0 Å². The summed E-state index contributed by atoms with van der Waals surface area (Å²) in [6, 6.07) is 7.26. The first-order valence-electron chi connectivity index (χ1n) is 8.53. The smallest absolute Gasteiger partial charge is 0.0279 e. The van der Waals surface area contributed by atoms with Gasteiger partial charge in [0, 0.05) is 6.04 Å². The maximum Gasteiger partial charge on any atom is 0.0279 e. The number of hydrazine groups is 1. The van der Waals surface area contributed by atoms with Crippen LogP contribution in [0.1, 0.15) is 56.2 Å². The molecule has 0 aliphatic heterocycles. The molecule has 2 heteroatoms. The standard InChI is InChI=1S/C19H32N2/c1-13(2)17-5-7-18(8-6-17)19(21-20)12-16-10-14(3)9-15(4)11-16/h9-11,13,17-19,21H,5-8,12,20H2,1-4H3. The van der Waals surface area contributed by atoms with Crippen LogP contribution in [0.25, 0.3) is 0 Å². The number of nitrogens with one attached hydrogen (secondary N) is 1. The van der Waals surface area contributed by atoms with Gasteiger partial charge >= 0.3 is 0 Å². The Morgan fingerprint density at radius 1 is 1.00 bits per heavy atom. The summed E-state index contributed by atoms with van der Waals surface area (Å²) >= 11 is 0. The fourth-order valence-electron chi connectivity index (χ4n) is 4.02. The zero-order chi connectivity index (χ0) is 15.4. The van der Waals surface area contributed by atoms with Gasteiger partial charge in [-0.05, 0) is 69.3 Å². The summed E-state index contributed by atoms with van der Waals surface area (Å²) in [4.78, 5) is 0. The predicted molar refractivity (Wildman–Crippen MR) is 91.0 cm³/mol. The first-order chi connectivity index (χ1) is 9.99. The average molecular weight is 288 g/mol. The highest BCUT2D eigenvalue weighted by atomic mass is 15.2. The molecule has 1 aliphatic carbocycles. The summed E-state index contributed by atoms with van der Waals surface area (Å²) in [5, 5.41) is 0. The second-order valence-electron chi connectivity index (χ2n) is 7.39. The van der Waals surface area contributed by atoms with E-state index in [1.165, 1.54) is 42.4 Å². The molecule has 0 saturated heterocycles.